The van der Waals surface area contributed by atoms with Crippen molar-refractivity contribution in [3.63, 3.8) is 0 Å². The van der Waals surface area contributed by atoms with Gasteiger partial charge < -0.3 is 19.9 Å². The third kappa shape index (κ3) is 2.94. The third-order valence-electron chi connectivity index (χ3n) is 5.64. The Morgan fingerprint density at radius 1 is 1.34 bits per heavy atom. The minimum atomic E-state index is -1.35. The second-order valence-electron chi connectivity index (χ2n) is 7.47. The lowest BCUT2D eigenvalue weighted by atomic mass is 10.1. The molecule has 8 nitrogen and oxygen atoms in total. The molecule has 9 heteroatoms. The van der Waals surface area contributed by atoms with E-state index in [2.05, 4.69) is 15.3 Å². The minimum Gasteiger partial charge on any atom is -0.477 e. The number of fused-ring (bicyclic) bond motifs is 3. The van der Waals surface area contributed by atoms with Crippen molar-refractivity contribution in [3.05, 3.63) is 64.0 Å². The molecule has 5 heterocycles. The number of aromatic nitrogens is 3. The van der Waals surface area contributed by atoms with Crippen LogP contribution < -0.4 is 15.6 Å². The van der Waals surface area contributed by atoms with E-state index in [4.69, 9.17) is 0 Å². The molecule has 3 aromatic rings. The molecule has 0 unspecified atom stereocenters. The summed E-state index contributed by atoms with van der Waals surface area (Å²) in [5, 5.41) is 12.8. The van der Waals surface area contributed by atoms with Crippen LogP contribution in [0.15, 0.2) is 41.6 Å². The van der Waals surface area contributed by atoms with Gasteiger partial charge >= 0.3 is 5.97 Å². The zero-order valence-electron chi connectivity index (χ0n) is 15.4. The Balaban J connectivity index is 1.70. The maximum Gasteiger partial charge on any atom is 0.341 e. The van der Waals surface area contributed by atoms with Crippen LogP contribution in [0.3, 0.4) is 0 Å². The lowest BCUT2D eigenvalue weighted by molar-refractivity contribution is 0.0695. The zero-order valence-corrected chi connectivity index (χ0v) is 15.4. The molecule has 148 valence electrons. The van der Waals surface area contributed by atoms with E-state index < -0.39 is 22.8 Å². The molecule has 0 radical (unpaired) electrons. The molecule has 2 aliphatic rings. The van der Waals surface area contributed by atoms with Crippen LogP contribution >= 0.6 is 0 Å². The number of aromatic carboxylic acids is 1. The largest absolute Gasteiger partial charge is 0.477 e. The van der Waals surface area contributed by atoms with Crippen molar-refractivity contribution < 1.29 is 14.3 Å². The average Bonchev–Trinajstić information content (AvgIpc) is 3.34. The molecule has 2 N–H and O–H groups in total. The molecule has 0 aromatic carbocycles. The zero-order chi connectivity index (χ0) is 20.1. The Hall–Kier alpha value is -3.33. The van der Waals surface area contributed by atoms with E-state index in [0.717, 1.165) is 24.6 Å². The molecule has 2 fully saturated rings. The summed E-state index contributed by atoms with van der Waals surface area (Å²) in [4.78, 5) is 34.6. The number of pyridine rings is 3. The van der Waals surface area contributed by atoms with Crippen LogP contribution in [0.2, 0.25) is 0 Å². The van der Waals surface area contributed by atoms with Crippen molar-refractivity contribution in [2.24, 2.45) is 0 Å². The molecule has 2 bridgehead atoms. The van der Waals surface area contributed by atoms with Crippen LogP contribution in [-0.4, -0.2) is 50.8 Å². The van der Waals surface area contributed by atoms with Gasteiger partial charge in [0.15, 0.2) is 11.6 Å². The molecule has 0 saturated carbocycles. The number of rotatable bonds is 4. The third-order valence-corrected chi connectivity index (χ3v) is 5.64. The van der Waals surface area contributed by atoms with E-state index in [1.54, 1.807) is 29.1 Å². The summed E-state index contributed by atoms with van der Waals surface area (Å²) in [5.41, 5.74) is -0.0201. The SMILES string of the molecule is O=C(O)c1cn(Cc2ccncc2)c2nc(N3C[C@@H]4C[C@H]3CN4)c(F)cc2c1=O. The Kier molecular flexibility index (Phi) is 4.06. The van der Waals surface area contributed by atoms with Crippen LogP contribution in [-0.2, 0) is 6.54 Å². The van der Waals surface area contributed by atoms with Crippen molar-refractivity contribution in [2.45, 2.75) is 25.0 Å². The van der Waals surface area contributed by atoms with Crippen molar-refractivity contribution in [2.75, 3.05) is 18.0 Å². The summed E-state index contributed by atoms with van der Waals surface area (Å²) >= 11 is 0. The number of nitrogens with zero attached hydrogens (tertiary/aromatic N) is 4. The number of carboxylic acids is 1. The molecule has 2 atom stereocenters. The quantitative estimate of drug-likeness (QED) is 0.685. The minimum absolute atomic E-state index is 0.0392. The van der Waals surface area contributed by atoms with Gasteiger partial charge in [0.1, 0.15) is 11.2 Å². The molecule has 29 heavy (non-hydrogen) atoms. The first-order valence-electron chi connectivity index (χ1n) is 9.37. The lowest BCUT2D eigenvalue weighted by Crippen LogP contribution is -2.44. The predicted octanol–water partition coefficient (Wildman–Crippen LogP) is 1.23. The fourth-order valence-corrected chi connectivity index (χ4v) is 4.26. The maximum absolute atomic E-state index is 14.9. The first-order valence-corrected chi connectivity index (χ1v) is 9.37. The molecular weight excluding hydrogens is 377 g/mol. The van der Waals surface area contributed by atoms with E-state index in [-0.39, 0.29) is 29.4 Å². The number of piperazine rings is 1. The van der Waals surface area contributed by atoms with Gasteiger partial charge in [0.05, 0.1) is 5.39 Å². The first-order chi connectivity index (χ1) is 14.0. The van der Waals surface area contributed by atoms with Crippen LogP contribution in [0.5, 0.6) is 0 Å². The average molecular weight is 395 g/mol. The number of carbonyl (C=O) groups is 1. The van der Waals surface area contributed by atoms with Gasteiger partial charge in [-0.1, -0.05) is 0 Å². The van der Waals surface area contributed by atoms with Crippen LogP contribution in [0.1, 0.15) is 22.3 Å². The highest BCUT2D eigenvalue weighted by Crippen LogP contribution is 2.31. The van der Waals surface area contributed by atoms with Gasteiger partial charge in [-0.05, 0) is 30.2 Å². The van der Waals surface area contributed by atoms with Crippen LogP contribution in [0.25, 0.3) is 11.0 Å². The molecule has 0 spiro atoms. The standard InChI is InChI=1S/C20H18FN5O3/c21-16-6-14-17(27)15(20(28)29)10-25(8-11-1-3-22-4-2-11)18(14)24-19(16)26-9-12-5-13(26)7-23-12/h1-4,6,10,12-13,23H,5,7-9H2,(H,28,29)/t12-,13-/m0/s1. The second-order valence-corrected chi connectivity index (χ2v) is 7.47. The van der Waals surface area contributed by atoms with Gasteiger partial charge in [0.2, 0.25) is 5.43 Å². The summed E-state index contributed by atoms with van der Waals surface area (Å²) in [6, 6.07) is 5.18. The highest BCUT2D eigenvalue weighted by atomic mass is 19.1. The van der Waals surface area contributed by atoms with Crippen molar-refractivity contribution in [1.82, 2.24) is 19.9 Å². The maximum atomic E-state index is 14.9. The second kappa shape index (κ2) is 6.63. The Bertz CT molecular complexity index is 1180. The highest BCUT2D eigenvalue weighted by Gasteiger charge is 2.39. The van der Waals surface area contributed by atoms with E-state index in [1.807, 2.05) is 4.90 Å². The van der Waals surface area contributed by atoms with Crippen molar-refractivity contribution in [3.8, 4) is 0 Å². The van der Waals surface area contributed by atoms with Gasteiger partial charge in [-0.25, -0.2) is 14.2 Å². The normalized spacial score (nSPS) is 20.5. The first kappa shape index (κ1) is 17.7. The highest BCUT2D eigenvalue weighted by molar-refractivity contribution is 5.92. The monoisotopic (exact) mass is 395 g/mol. The Labute approximate surface area is 164 Å². The molecule has 2 aliphatic heterocycles. The molecule has 5 rings (SSSR count). The smallest absolute Gasteiger partial charge is 0.341 e. The molecule has 3 aromatic heterocycles. The van der Waals surface area contributed by atoms with Crippen LogP contribution in [0, 0.1) is 5.82 Å². The van der Waals surface area contributed by atoms with Crippen LogP contribution in [0.4, 0.5) is 10.2 Å². The summed E-state index contributed by atoms with van der Waals surface area (Å²) < 4.78 is 16.5. The molecule has 0 amide bonds. The molecule has 0 aliphatic carbocycles. The predicted molar refractivity (Wildman–Crippen MR) is 104 cm³/mol. The van der Waals surface area contributed by atoms with Gasteiger partial charge in [0, 0.05) is 50.3 Å². The fraction of sp³-hybridized carbons (Fsp3) is 0.300. The Morgan fingerprint density at radius 2 is 2.14 bits per heavy atom. The van der Waals surface area contributed by atoms with E-state index in [1.165, 1.54) is 6.20 Å². The van der Waals surface area contributed by atoms with E-state index in [0.29, 0.717) is 12.6 Å². The van der Waals surface area contributed by atoms with Crippen molar-refractivity contribution >= 4 is 22.8 Å². The van der Waals surface area contributed by atoms with Gasteiger partial charge in [-0.2, -0.15) is 0 Å². The number of carboxylic acid groups (broad SMARTS) is 1. The topological polar surface area (TPSA) is 100 Å². The van der Waals surface area contributed by atoms with Gasteiger partial charge in [-0.3, -0.25) is 9.78 Å². The number of anilines is 1. The number of nitrogens with one attached hydrogen (secondary N) is 1. The van der Waals surface area contributed by atoms with Gasteiger partial charge in [0.25, 0.3) is 0 Å². The van der Waals surface area contributed by atoms with Crippen molar-refractivity contribution in [1.29, 1.82) is 0 Å². The Morgan fingerprint density at radius 3 is 2.79 bits per heavy atom. The van der Waals surface area contributed by atoms with E-state index >= 15 is 0 Å². The number of halogens is 1. The van der Waals surface area contributed by atoms with E-state index in [9.17, 15) is 19.1 Å². The summed E-state index contributed by atoms with van der Waals surface area (Å²) in [7, 11) is 0. The summed E-state index contributed by atoms with van der Waals surface area (Å²) in [6.45, 7) is 1.71. The lowest BCUT2D eigenvalue weighted by Gasteiger charge is -2.29. The summed E-state index contributed by atoms with van der Waals surface area (Å²) in [6.07, 6.45) is 5.47. The number of hydrogen-bond donors (Lipinski definition) is 2. The fourth-order valence-electron chi connectivity index (χ4n) is 4.26. The summed E-state index contributed by atoms with van der Waals surface area (Å²) in [5.74, 6) is -1.76. The molecular formula is C20H18FN5O3. The number of hydrogen-bond acceptors (Lipinski definition) is 6. The molecule has 2 saturated heterocycles. The van der Waals surface area contributed by atoms with Gasteiger partial charge in [-0.15, -0.1) is 0 Å².